The summed E-state index contributed by atoms with van der Waals surface area (Å²) < 4.78 is 4.99. The summed E-state index contributed by atoms with van der Waals surface area (Å²) in [5.41, 5.74) is 1.77. The molecule has 3 rings (SSSR count). The maximum absolute atomic E-state index is 12.2. The number of carbonyl (C=O) groups is 1. The van der Waals surface area contributed by atoms with E-state index in [0.717, 1.165) is 38.3 Å². The Morgan fingerprint density at radius 2 is 1.70 bits per heavy atom. The summed E-state index contributed by atoms with van der Waals surface area (Å²) in [6.45, 7) is 5.24. The highest BCUT2D eigenvalue weighted by Gasteiger charge is 2.24. The molecule has 1 aliphatic heterocycles. The molecule has 1 aliphatic rings. The summed E-state index contributed by atoms with van der Waals surface area (Å²) in [4.78, 5) is 27.4. The van der Waals surface area contributed by atoms with Crippen molar-refractivity contribution in [3.8, 4) is 0 Å². The van der Waals surface area contributed by atoms with Gasteiger partial charge in [-0.15, -0.1) is 0 Å². The van der Waals surface area contributed by atoms with Crippen LogP contribution in [-0.2, 0) is 4.74 Å². The van der Waals surface area contributed by atoms with Crippen molar-refractivity contribution in [2.24, 2.45) is 0 Å². The maximum atomic E-state index is 12.2. The molecule has 7 heteroatoms. The number of anilines is 2. The van der Waals surface area contributed by atoms with Crippen LogP contribution in [0.5, 0.6) is 0 Å². The first-order chi connectivity index (χ1) is 13.1. The first kappa shape index (κ1) is 18.7. The predicted octanol–water partition coefficient (Wildman–Crippen LogP) is 3.49. The molecule has 1 saturated heterocycles. The first-order valence-electron chi connectivity index (χ1n) is 9.10. The highest BCUT2D eigenvalue weighted by molar-refractivity contribution is 5.95. The van der Waals surface area contributed by atoms with Gasteiger partial charge < -0.3 is 14.5 Å². The number of rotatable bonds is 5. The third kappa shape index (κ3) is 4.36. The molecule has 0 bridgehead atoms. The zero-order valence-electron chi connectivity index (χ0n) is 15.3. The quantitative estimate of drug-likeness (QED) is 0.456. The van der Waals surface area contributed by atoms with Crippen molar-refractivity contribution < 1.29 is 14.5 Å². The van der Waals surface area contributed by atoms with Crippen LogP contribution in [-0.4, -0.2) is 43.7 Å². The Bertz CT molecular complexity index is 810. The summed E-state index contributed by atoms with van der Waals surface area (Å²) >= 11 is 0. The molecule has 2 aromatic rings. The Balaban J connectivity index is 1.80. The van der Waals surface area contributed by atoms with E-state index in [-0.39, 0.29) is 17.9 Å². The van der Waals surface area contributed by atoms with Crippen molar-refractivity contribution in [1.29, 1.82) is 0 Å². The van der Waals surface area contributed by atoms with Gasteiger partial charge in [0.2, 0.25) is 0 Å². The van der Waals surface area contributed by atoms with Crippen LogP contribution < -0.4 is 9.80 Å². The fourth-order valence-corrected chi connectivity index (χ4v) is 3.32. The van der Waals surface area contributed by atoms with Crippen LogP contribution >= 0.6 is 0 Å². The van der Waals surface area contributed by atoms with E-state index in [9.17, 15) is 14.9 Å². The average molecular weight is 369 g/mol. The van der Waals surface area contributed by atoms with Crippen LogP contribution in [0.3, 0.4) is 0 Å². The molecule has 1 fully saturated rings. The second kappa shape index (κ2) is 8.53. The van der Waals surface area contributed by atoms with Gasteiger partial charge in [0.15, 0.2) is 0 Å². The molecule has 7 nitrogen and oxygen atoms in total. The van der Waals surface area contributed by atoms with Gasteiger partial charge in [-0.3, -0.25) is 10.1 Å². The second-order valence-electron chi connectivity index (χ2n) is 6.34. The Morgan fingerprint density at radius 3 is 2.33 bits per heavy atom. The molecule has 0 radical (unpaired) electrons. The number of nitro benzene ring substituents is 1. The molecule has 27 heavy (non-hydrogen) atoms. The van der Waals surface area contributed by atoms with E-state index in [1.165, 1.54) is 11.8 Å². The zero-order valence-corrected chi connectivity index (χ0v) is 15.3. The highest BCUT2D eigenvalue weighted by Crippen LogP contribution is 2.27. The third-order valence-electron chi connectivity index (χ3n) is 4.65. The van der Waals surface area contributed by atoms with Gasteiger partial charge in [-0.05, 0) is 37.6 Å². The smallest absolute Gasteiger partial charge is 0.345 e. The molecule has 0 unspecified atom stereocenters. The lowest BCUT2D eigenvalue weighted by molar-refractivity contribution is -0.385. The number of benzene rings is 2. The minimum Gasteiger partial charge on any atom is -0.462 e. The second-order valence-corrected chi connectivity index (χ2v) is 6.34. The molecule has 0 atom stereocenters. The molecule has 0 aromatic heterocycles. The molecule has 0 amide bonds. The van der Waals surface area contributed by atoms with Gasteiger partial charge in [-0.2, -0.15) is 0 Å². The van der Waals surface area contributed by atoms with Gasteiger partial charge in [0.1, 0.15) is 5.56 Å². The van der Waals surface area contributed by atoms with Gasteiger partial charge in [0, 0.05) is 43.6 Å². The van der Waals surface area contributed by atoms with Crippen molar-refractivity contribution >= 4 is 23.0 Å². The first-order valence-corrected chi connectivity index (χ1v) is 9.10. The summed E-state index contributed by atoms with van der Waals surface area (Å²) in [7, 11) is 0. The van der Waals surface area contributed by atoms with Crippen LogP contribution in [0, 0.1) is 10.1 Å². The number of para-hydroxylation sites is 1. The van der Waals surface area contributed by atoms with Crippen molar-refractivity contribution in [1.82, 2.24) is 0 Å². The van der Waals surface area contributed by atoms with E-state index in [0.29, 0.717) is 0 Å². The molecule has 2 aromatic carbocycles. The molecule has 0 spiro atoms. The van der Waals surface area contributed by atoms with Gasteiger partial charge >= 0.3 is 5.97 Å². The Labute approximate surface area is 158 Å². The lowest BCUT2D eigenvalue weighted by Crippen LogP contribution is -2.30. The van der Waals surface area contributed by atoms with E-state index in [4.69, 9.17) is 4.74 Å². The number of nitrogens with zero attached hydrogens (tertiary/aromatic N) is 3. The number of nitro groups is 1. The molecule has 0 aliphatic carbocycles. The van der Waals surface area contributed by atoms with E-state index < -0.39 is 10.9 Å². The summed E-state index contributed by atoms with van der Waals surface area (Å²) in [6.07, 6.45) is 0.959. The Morgan fingerprint density at radius 1 is 1.04 bits per heavy atom. The molecule has 142 valence electrons. The number of hydrogen-bond donors (Lipinski definition) is 0. The third-order valence-corrected chi connectivity index (χ3v) is 4.65. The normalized spacial score (nSPS) is 14.6. The molecule has 0 saturated carbocycles. The highest BCUT2D eigenvalue weighted by atomic mass is 16.6. The van der Waals surface area contributed by atoms with Crippen molar-refractivity contribution in [2.75, 3.05) is 42.6 Å². The van der Waals surface area contributed by atoms with Gasteiger partial charge in [-0.25, -0.2) is 4.79 Å². The van der Waals surface area contributed by atoms with E-state index in [2.05, 4.69) is 21.9 Å². The summed E-state index contributed by atoms with van der Waals surface area (Å²) in [6, 6.07) is 14.9. The van der Waals surface area contributed by atoms with Crippen molar-refractivity contribution in [3.05, 3.63) is 64.2 Å². The standard InChI is InChI=1S/C20H23N3O4/c1-2-27-20(24)18-15-17(9-10-19(18)23(25)26)22-12-6-11-21(13-14-22)16-7-4-3-5-8-16/h3-5,7-10,15H,2,6,11-14H2,1H3. The molecule has 0 N–H and O–H groups in total. The van der Waals surface area contributed by atoms with Gasteiger partial charge in [0.25, 0.3) is 5.69 Å². The zero-order chi connectivity index (χ0) is 19.2. The van der Waals surface area contributed by atoms with Crippen LogP contribution in [0.15, 0.2) is 48.5 Å². The minimum absolute atomic E-state index is 0.00325. The van der Waals surface area contributed by atoms with Crippen LogP contribution in [0.1, 0.15) is 23.7 Å². The Hall–Kier alpha value is -3.09. The molecular weight excluding hydrogens is 346 g/mol. The Kier molecular flexibility index (Phi) is 5.90. The summed E-state index contributed by atoms with van der Waals surface area (Å²) in [5, 5.41) is 11.3. The lowest BCUT2D eigenvalue weighted by Gasteiger charge is -2.25. The maximum Gasteiger partial charge on any atom is 0.345 e. The van der Waals surface area contributed by atoms with Crippen LogP contribution in [0.25, 0.3) is 0 Å². The SMILES string of the molecule is CCOC(=O)c1cc(N2CCCN(c3ccccc3)CC2)ccc1[N+](=O)[O-]. The fraction of sp³-hybridized carbons (Fsp3) is 0.350. The summed E-state index contributed by atoms with van der Waals surface area (Å²) in [5.74, 6) is -0.660. The fourth-order valence-electron chi connectivity index (χ4n) is 3.32. The van der Waals surface area contributed by atoms with E-state index in [1.807, 2.05) is 18.2 Å². The minimum atomic E-state index is -0.660. The topological polar surface area (TPSA) is 75.9 Å². The van der Waals surface area contributed by atoms with Gasteiger partial charge in [-0.1, -0.05) is 18.2 Å². The van der Waals surface area contributed by atoms with Crippen molar-refractivity contribution in [2.45, 2.75) is 13.3 Å². The monoisotopic (exact) mass is 369 g/mol. The average Bonchev–Trinajstić information content (AvgIpc) is 2.94. The largest absolute Gasteiger partial charge is 0.462 e. The predicted molar refractivity (Wildman–Crippen MR) is 105 cm³/mol. The van der Waals surface area contributed by atoms with Crippen molar-refractivity contribution in [3.63, 3.8) is 0 Å². The van der Waals surface area contributed by atoms with Crippen LogP contribution in [0.4, 0.5) is 17.1 Å². The number of hydrogen-bond acceptors (Lipinski definition) is 6. The van der Waals surface area contributed by atoms with Crippen LogP contribution in [0.2, 0.25) is 0 Å². The van der Waals surface area contributed by atoms with E-state index in [1.54, 1.807) is 19.1 Å². The molecule has 1 heterocycles. The number of esters is 1. The molecular formula is C20H23N3O4. The number of ether oxygens (including phenoxy) is 1. The number of carbonyl (C=O) groups excluding carboxylic acids is 1. The van der Waals surface area contributed by atoms with Gasteiger partial charge in [0.05, 0.1) is 11.5 Å². The van der Waals surface area contributed by atoms with E-state index >= 15 is 0 Å². The lowest BCUT2D eigenvalue weighted by atomic mass is 10.1.